The maximum atomic E-state index is 14.9. The third-order valence-electron chi connectivity index (χ3n) is 6.00. The molecule has 0 radical (unpaired) electrons. The van der Waals surface area contributed by atoms with Crippen molar-refractivity contribution in [3.8, 4) is 17.3 Å². The molecule has 1 saturated heterocycles. The monoisotopic (exact) mass is 479 g/mol. The summed E-state index contributed by atoms with van der Waals surface area (Å²) >= 11 is 0. The van der Waals surface area contributed by atoms with Crippen molar-refractivity contribution in [1.29, 1.82) is 0 Å². The number of nitrogen functional groups attached to an aromatic ring is 1. The zero-order chi connectivity index (χ0) is 24.5. The summed E-state index contributed by atoms with van der Waals surface area (Å²) in [6.45, 7) is 3.37. The van der Waals surface area contributed by atoms with Gasteiger partial charge in [0.25, 0.3) is 0 Å². The van der Waals surface area contributed by atoms with Crippen LogP contribution in [0.2, 0.25) is 0 Å². The number of ether oxygens (including phenoxy) is 2. The molecule has 12 heteroatoms. The molecule has 2 aromatic carbocycles. The Morgan fingerprint density at radius 1 is 1.00 bits per heavy atom. The summed E-state index contributed by atoms with van der Waals surface area (Å²) in [5, 5.41) is 8.12. The highest BCUT2D eigenvalue weighted by atomic mass is 19.1. The number of fused-ring (bicyclic) bond motifs is 1. The topological polar surface area (TPSA) is 119 Å². The van der Waals surface area contributed by atoms with Crippen LogP contribution in [0.5, 0.6) is 11.5 Å². The van der Waals surface area contributed by atoms with E-state index >= 15 is 0 Å². The lowest BCUT2D eigenvalue weighted by Gasteiger charge is -2.34. The number of hydrogen-bond donors (Lipinski definition) is 2. The van der Waals surface area contributed by atoms with Crippen molar-refractivity contribution < 1.29 is 13.9 Å². The molecule has 0 saturated carbocycles. The lowest BCUT2D eigenvalue weighted by molar-refractivity contribution is 0.311. The number of aromatic nitrogens is 5. The molecule has 4 aromatic rings. The van der Waals surface area contributed by atoms with E-state index in [4.69, 9.17) is 15.2 Å². The molecule has 3 N–H and O–H groups in total. The van der Waals surface area contributed by atoms with Gasteiger partial charge in [0.05, 0.1) is 25.4 Å². The largest absolute Gasteiger partial charge is 0.493 e. The summed E-state index contributed by atoms with van der Waals surface area (Å²) in [6.07, 6.45) is 1.41. The number of nitrogens with one attached hydrogen (secondary N) is 1. The molecule has 0 bridgehead atoms. The number of nitrogens with zero attached hydrogens (tertiary/aromatic N) is 7. The minimum atomic E-state index is -0.310. The maximum absolute atomic E-state index is 14.9. The van der Waals surface area contributed by atoms with Gasteiger partial charge in [-0.15, -0.1) is 5.10 Å². The highest BCUT2D eigenvalue weighted by Crippen LogP contribution is 2.33. The predicted molar refractivity (Wildman–Crippen MR) is 131 cm³/mol. The van der Waals surface area contributed by atoms with Gasteiger partial charge in [-0.2, -0.15) is 9.67 Å². The summed E-state index contributed by atoms with van der Waals surface area (Å²) in [5.74, 6) is 1.49. The summed E-state index contributed by atoms with van der Waals surface area (Å²) in [5.41, 5.74) is 7.87. The minimum Gasteiger partial charge on any atom is -0.493 e. The summed E-state index contributed by atoms with van der Waals surface area (Å²) in [7, 11) is 5.17. The first-order chi connectivity index (χ1) is 17.0. The summed E-state index contributed by atoms with van der Waals surface area (Å²) < 4.78 is 27.0. The summed E-state index contributed by atoms with van der Waals surface area (Å²) in [6, 6.07) is 8.49. The molecule has 3 heterocycles. The first-order valence-corrected chi connectivity index (χ1v) is 11.1. The van der Waals surface area contributed by atoms with Crippen LogP contribution in [0.1, 0.15) is 0 Å². The number of rotatable bonds is 6. The van der Waals surface area contributed by atoms with Crippen molar-refractivity contribution in [2.75, 3.05) is 63.4 Å². The van der Waals surface area contributed by atoms with Crippen molar-refractivity contribution >= 4 is 34.2 Å². The molecule has 1 aliphatic heterocycles. The van der Waals surface area contributed by atoms with Crippen LogP contribution >= 0.6 is 0 Å². The predicted octanol–water partition coefficient (Wildman–Crippen LogP) is 2.44. The maximum Gasteiger partial charge on any atom is 0.248 e. The number of anilines is 4. The van der Waals surface area contributed by atoms with Gasteiger partial charge in [-0.25, -0.2) is 14.4 Å². The number of hydrogen-bond acceptors (Lipinski definition) is 10. The smallest absolute Gasteiger partial charge is 0.248 e. The Morgan fingerprint density at radius 3 is 2.46 bits per heavy atom. The molecule has 0 amide bonds. The molecule has 1 fully saturated rings. The van der Waals surface area contributed by atoms with Gasteiger partial charge in [0.2, 0.25) is 11.9 Å². The van der Waals surface area contributed by atoms with Crippen LogP contribution in [0.25, 0.3) is 16.7 Å². The second-order valence-electron chi connectivity index (χ2n) is 8.21. The van der Waals surface area contributed by atoms with E-state index in [0.29, 0.717) is 39.6 Å². The van der Waals surface area contributed by atoms with Crippen LogP contribution in [0.3, 0.4) is 0 Å². The van der Waals surface area contributed by atoms with E-state index in [0.717, 1.165) is 26.2 Å². The fourth-order valence-corrected chi connectivity index (χ4v) is 4.09. The molecule has 2 aromatic heterocycles. The Kier molecular flexibility index (Phi) is 5.95. The average Bonchev–Trinajstić information content (AvgIpc) is 3.23. The first kappa shape index (κ1) is 22.6. The molecule has 1 aliphatic rings. The molecule has 0 unspecified atom stereocenters. The molecular formula is C23H26FN9O2. The van der Waals surface area contributed by atoms with Crippen LogP contribution in [-0.2, 0) is 0 Å². The summed E-state index contributed by atoms with van der Waals surface area (Å²) in [4.78, 5) is 17.2. The first-order valence-electron chi connectivity index (χ1n) is 11.1. The highest BCUT2D eigenvalue weighted by Gasteiger charge is 2.19. The van der Waals surface area contributed by atoms with Gasteiger partial charge in [0.1, 0.15) is 12.1 Å². The number of likely N-dealkylation sites (N-methyl/N-ethyl adjacent to an activating group) is 1. The molecule has 0 atom stereocenters. The van der Waals surface area contributed by atoms with E-state index in [1.807, 2.05) is 4.90 Å². The normalized spacial score (nSPS) is 14.3. The van der Waals surface area contributed by atoms with E-state index in [-0.39, 0.29) is 17.7 Å². The Balaban J connectivity index is 1.42. The van der Waals surface area contributed by atoms with Gasteiger partial charge >= 0.3 is 0 Å². The quantitative estimate of drug-likeness (QED) is 0.427. The minimum absolute atomic E-state index is 0.108. The van der Waals surface area contributed by atoms with Crippen LogP contribution in [0.15, 0.2) is 36.7 Å². The fraction of sp³-hybridized carbons (Fsp3) is 0.304. The fourth-order valence-electron chi connectivity index (χ4n) is 4.09. The Bertz CT molecular complexity index is 1370. The molecule has 182 valence electrons. The Morgan fingerprint density at radius 2 is 1.74 bits per heavy atom. The zero-order valence-electron chi connectivity index (χ0n) is 19.7. The van der Waals surface area contributed by atoms with Crippen LogP contribution in [0.4, 0.5) is 27.7 Å². The Hall–Kier alpha value is -4.19. The highest BCUT2D eigenvalue weighted by molar-refractivity contribution is 5.88. The van der Waals surface area contributed by atoms with Gasteiger partial charge in [0.15, 0.2) is 17.3 Å². The number of piperazine rings is 1. The van der Waals surface area contributed by atoms with Gasteiger partial charge in [-0.1, -0.05) is 0 Å². The van der Waals surface area contributed by atoms with Gasteiger partial charge in [0, 0.05) is 43.3 Å². The molecule has 5 rings (SSSR count). The molecule has 0 spiro atoms. The molecule has 35 heavy (non-hydrogen) atoms. The number of methoxy groups -OCH3 is 2. The standard InChI is InChI=1S/C23H26FN9O2/c1-31-6-8-32(9-7-31)18-5-4-14(10-16(18)24)28-23-29-22(25)33(30-23)21-15-11-19(34-2)20(35-3)12-17(15)26-13-27-21/h4-5,10-13H,6-9H2,1-3H3,(H3,25,28,29,30). The second-order valence-corrected chi connectivity index (χ2v) is 8.21. The van der Waals surface area contributed by atoms with Crippen molar-refractivity contribution in [2.45, 2.75) is 0 Å². The number of nitrogens with two attached hydrogens (primary N) is 1. The Labute approximate surface area is 201 Å². The average molecular weight is 480 g/mol. The SMILES string of the molecule is COc1cc2ncnc(-n3nc(Nc4ccc(N5CCN(C)CC5)c(F)c4)nc3N)c2cc1OC. The van der Waals surface area contributed by atoms with Gasteiger partial charge < -0.3 is 30.3 Å². The van der Waals surface area contributed by atoms with Crippen molar-refractivity contribution in [3.63, 3.8) is 0 Å². The number of halogens is 1. The molecular weight excluding hydrogens is 453 g/mol. The van der Waals surface area contributed by atoms with Crippen molar-refractivity contribution in [3.05, 3.63) is 42.5 Å². The van der Waals surface area contributed by atoms with Crippen LogP contribution < -0.4 is 25.4 Å². The molecule has 11 nitrogen and oxygen atoms in total. The van der Waals surface area contributed by atoms with Crippen LogP contribution in [0, 0.1) is 5.82 Å². The lowest BCUT2D eigenvalue weighted by Crippen LogP contribution is -2.44. The second kappa shape index (κ2) is 9.22. The van der Waals surface area contributed by atoms with E-state index in [2.05, 4.69) is 37.3 Å². The lowest BCUT2D eigenvalue weighted by atomic mass is 10.2. The zero-order valence-corrected chi connectivity index (χ0v) is 19.7. The van der Waals surface area contributed by atoms with Crippen LogP contribution in [-0.4, -0.2) is 77.1 Å². The van der Waals surface area contributed by atoms with E-state index < -0.39 is 0 Å². The van der Waals surface area contributed by atoms with Gasteiger partial charge in [-0.3, -0.25) is 0 Å². The van der Waals surface area contributed by atoms with E-state index in [1.165, 1.54) is 17.1 Å². The van der Waals surface area contributed by atoms with Crippen molar-refractivity contribution in [2.24, 2.45) is 0 Å². The third-order valence-corrected chi connectivity index (χ3v) is 6.00. The van der Waals surface area contributed by atoms with E-state index in [1.54, 1.807) is 38.5 Å². The third kappa shape index (κ3) is 4.35. The number of benzene rings is 2. The van der Waals surface area contributed by atoms with Gasteiger partial charge in [-0.05, 0) is 31.3 Å². The van der Waals surface area contributed by atoms with Crippen molar-refractivity contribution in [1.82, 2.24) is 29.6 Å². The van der Waals surface area contributed by atoms with E-state index in [9.17, 15) is 4.39 Å². The molecule has 0 aliphatic carbocycles.